The van der Waals surface area contributed by atoms with Crippen molar-refractivity contribution in [3.63, 3.8) is 0 Å². The first-order valence-electron chi connectivity index (χ1n) is 3.53. The van der Waals surface area contributed by atoms with Crippen molar-refractivity contribution in [2.45, 2.75) is 6.92 Å². The molecule has 0 atom stereocenters. The van der Waals surface area contributed by atoms with Gasteiger partial charge < -0.3 is 11.1 Å². The Morgan fingerprint density at radius 3 is 2.62 bits per heavy atom. The lowest BCUT2D eigenvalue weighted by Crippen LogP contribution is -2.07. The van der Waals surface area contributed by atoms with Crippen LogP contribution in [0.25, 0.3) is 0 Å². The van der Waals surface area contributed by atoms with Crippen molar-refractivity contribution in [2.24, 2.45) is 0 Å². The molecule has 0 aliphatic rings. The van der Waals surface area contributed by atoms with Crippen LogP contribution in [0.1, 0.15) is 6.92 Å². The molecular weight excluding hydrogens is 211 g/mol. The van der Waals surface area contributed by atoms with E-state index in [0.717, 1.165) is 0 Å². The van der Waals surface area contributed by atoms with E-state index in [4.69, 9.17) is 28.9 Å². The molecule has 1 rings (SSSR count). The fourth-order valence-electron chi connectivity index (χ4n) is 0.859. The largest absolute Gasteiger partial charge is 0.397 e. The van der Waals surface area contributed by atoms with E-state index in [1.54, 1.807) is 12.1 Å². The van der Waals surface area contributed by atoms with Gasteiger partial charge in [-0.2, -0.15) is 0 Å². The molecule has 1 aromatic carbocycles. The number of benzene rings is 1. The number of halogens is 2. The predicted octanol–water partition coefficient (Wildman–Crippen LogP) is 2.53. The van der Waals surface area contributed by atoms with E-state index in [9.17, 15) is 4.79 Å². The number of carbonyl (C=O) groups excluding carboxylic acids is 1. The summed E-state index contributed by atoms with van der Waals surface area (Å²) in [6.45, 7) is 1.37. The Hall–Kier alpha value is -0.930. The Morgan fingerprint density at radius 2 is 2.08 bits per heavy atom. The zero-order chi connectivity index (χ0) is 10.0. The maximum atomic E-state index is 10.8. The van der Waals surface area contributed by atoms with Crippen LogP contribution in [-0.2, 0) is 4.79 Å². The van der Waals surface area contributed by atoms with Gasteiger partial charge in [0, 0.05) is 6.92 Å². The highest BCUT2D eigenvalue weighted by Crippen LogP contribution is 2.34. The number of nitrogen functional groups attached to an aromatic ring is 1. The molecule has 1 aromatic rings. The zero-order valence-electron chi connectivity index (χ0n) is 6.90. The lowest BCUT2D eigenvalue weighted by Gasteiger charge is -2.08. The molecule has 5 heteroatoms. The summed E-state index contributed by atoms with van der Waals surface area (Å²) in [5.74, 6) is -0.241. The molecule has 0 heterocycles. The average molecular weight is 219 g/mol. The molecule has 3 N–H and O–H groups in total. The molecule has 1 amide bonds. The van der Waals surface area contributed by atoms with Gasteiger partial charge in [0.15, 0.2) is 0 Å². The van der Waals surface area contributed by atoms with Crippen molar-refractivity contribution in [1.29, 1.82) is 0 Å². The first-order chi connectivity index (χ1) is 6.02. The lowest BCUT2D eigenvalue weighted by molar-refractivity contribution is -0.114. The zero-order valence-corrected chi connectivity index (χ0v) is 8.41. The minimum absolute atomic E-state index is 0.241. The van der Waals surface area contributed by atoms with Gasteiger partial charge in [-0.25, -0.2) is 0 Å². The highest BCUT2D eigenvalue weighted by atomic mass is 35.5. The first-order valence-corrected chi connectivity index (χ1v) is 4.29. The third kappa shape index (κ3) is 2.26. The van der Waals surface area contributed by atoms with Crippen LogP contribution in [0, 0.1) is 0 Å². The summed E-state index contributed by atoms with van der Waals surface area (Å²) in [5, 5.41) is 3.14. The number of rotatable bonds is 1. The van der Waals surface area contributed by atoms with E-state index < -0.39 is 0 Å². The summed E-state index contributed by atoms with van der Waals surface area (Å²) in [4.78, 5) is 10.8. The van der Waals surface area contributed by atoms with E-state index >= 15 is 0 Å². The predicted molar refractivity (Wildman–Crippen MR) is 55.2 cm³/mol. The van der Waals surface area contributed by atoms with Gasteiger partial charge in [0.1, 0.15) is 0 Å². The van der Waals surface area contributed by atoms with Crippen molar-refractivity contribution in [3.05, 3.63) is 22.2 Å². The number of hydrogen-bond acceptors (Lipinski definition) is 2. The molecule has 0 radical (unpaired) electrons. The summed E-state index contributed by atoms with van der Waals surface area (Å²) in [6, 6.07) is 3.16. The topological polar surface area (TPSA) is 55.1 Å². The molecule has 0 fully saturated rings. The van der Waals surface area contributed by atoms with Gasteiger partial charge in [-0.3, -0.25) is 4.79 Å². The smallest absolute Gasteiger partial charge is 0.221 e. The van der Waals surface area contributed by atoms with Crippen LogP contribution in [0.2, 0.25) is 10.0 Å². The number of carbonyl (C=O) groups is 1. The average Bonchev–Trinajstić information content (AvgIpc) is 2.05. The molecule has 3 nitrogen and oxygen atoms in total. The molecule has 70 valence electrons. The van der Waals surface area contributed by atoms with Gasteiger partial charge in [0.05, 0.1) is 21.4 Å². The van der Waals surface area contributed by atoms with Gasteiger partial charge in [-0.1, -0.05) is 23.2 Å². The standard InChI is InChI=1S/C8H8Cl2N2O/c1-4(13)12-8-5(9)2-3-6(11)7(8)10/h2-3H,11H2,1H3,(H,12,13). The summed E-state index contributed by atoms with van der Waals surface area (Å²) in [5.41, 5.74) is 6.26. The fraction of sp³-hybridized carbons (Fsp3) is 0.125. The Bertz CT molecular complexity index is 352. The third-order valence-electron chi connectivity index (χ3n) is 1.42. The van der Waals surface area contributed by atoms with Crippen LogP contribution in [0.15, 0.2) is 12.1 Å². The Balaban J connectivity index is 3.17. The van der Waals surface area contributed by atoms with E-state index in [2.05, 4.69) is 5.32 Å². The molecule has 0 spiro atoms. The van der Waals surface area contributed by atoms with Crippen molar-refractivity contribution in [2.75, 3.05) is 11.1 Å². The molecule has 0 saturated carbocycles. The van der Waals surface area contributed by atoms with Gasteiger partial charge in [-0.15, -0.1) is 0 Å². The third-order valence-corrected chi connectivity index (χ3v) is 2.14. The van der Waals surface area contributed by atoms with Gasteiger partial charge in [0.2, 0.25) is 5.91 Å². The fourth-order valence-corrected chi connectivity index (χ4v) is 1.32. The molecular formula is C8H8Cl2N2O. The second kappa shape index (κ2) is 3.85. The highest BCUT2D eigenvalue weighted by molar-refractivity contribution is 6.41. The van der Waals surface area contributed by atoms with Crippen molar-refractivity contribution < 1.29 is 4.79 Å². The number of amides is 1. The van der Waals surface area contributed by atoms with Gasteiger partial charge in [0.25, 0.3) is 0 Å². The van der Waals surface area contributed by atoms with Crippen LogP contribution in [0.3, 0.4) is 0 Å². The van der Waals surface area contributed by atoms with E-state index in [1.807, 2.05) is 0 Å². The van der Waals surface area contributed by atoms with Crippen molar-refractivity contribution in [3.8, 4) is 0 Å². The maximum absolute atomic E-state index is 10.8. The van der Waals surface area contributed by atoms with Crippen molar-refractivity contribution in [1.82, 2.24) is 0 Å². The van der Waals surface area contributed by atoms with Crippen molar-refractivity contribution >= 4 is 40.5 Å². The van der Waals surface area contributed by atoms with Crippen LogP contribution in [0.4, 0.5) is 11.4 Å². The minimum Gasteiger partial charge on any atom is -0.397 e. The maximum Gasteiger partial charge on any atom is 0.221 e. The molecule has 0 bridgehead atoms. The molecule has 0 aliphatic heterocycles. The van der Waals surface area contributed by atoms with Crippen LogP contribution < -0.4 is 11.1 Å². The first kappa shape index (κ1) is 10.2. The Kier molecular flexibility index (Phi) is 3.01. The lowest BCUT2D eigenvalue weighted by atomic mass is 10.3. The summed E-state index contributed by atoms with van der Waals surface area (Å²) in [6.07, 6.45) is 0. The monoisotopic (exact) mass is 218 g/mol. The van der Waals surface area contributed by atoms with E-state index in [-0.39, 0.29) is 10.9 Å². The summed E-state index contributed by atoms with van der Waals surface area (Å²) in [7, 11) is 0. The number of hydrogen-bond donors (Lipinski definition) is 2. The van der Waals surface area contributed by atoms with Crippen LogP contribution >= 0.6 is 23.2 Å². The number of anilines is 2. The SMILES string of the molecule is CC(=O)Nc1c(Cl)ccc(N)c1Cl. The summed E-state index contributed by atoms with van der Waals surface area (Å²) >= 11 is 11.6. The number of nitrogens with two attached hydrogens (primary N) is 1. The summed E-state index contributed by atoms with van der Waals surface area (Å²) < 4.78 is 0. The molecule has 0 saturated heterocycles. The molecule has 13 heavy (non-hydrogen) atoms. The van der Waals surface area contributed by atoms with Crippen LogP contribution in [0.5, 0.6) is 0 Å². The molecule has 0 unspecified atom stereocenters. The van der Waals surface area contributed by atoms with Crippen LogP contribution in [-0.4, -0.2) is 5.91 Å². The number of nitrogens with one attached hydrogen (secondary N) is 1. The second-order valence-corrected chi connectivity index (χ2v) is 3.29. The van der Waals surface area contributed by atoms with E-state index in [0.29, 0.717) is 16.4 Å². The quantitative estimate of drug-likeness (QED) is 0.713. The van der Waals surface area contributed by atoms with Gasteiger partial charge in [-0.05, 0) is 12.1 Å². The minimum atomic E-state index is -0.241. The molecule has 0 aromatic heterocycles. The Labute approximate surface area is 85.8 Å². The highest BCUT2D eigenvalue weighted by Gasteiger charge is 2.09. The molecule has 0 aliphatic carbocycles. The normalized spacial score (nSPS) is 9.77. The van der Waals surface area contributed by atoms with Gasteiger partial charge >= 0.3 is 0 Å². The second-order valence-electron chi connectivity index (χ2n) is 2.51. The Morgan fingerprint density at radius 1 is 1.46 bits per heavy atom. The van der Waals surface area contributed by atoms with E-state index in [1.165, 1.54) is 6.92 Å².